The Hall–Kier alpha value is -2.75. The van der Waals surface area contributed by atoms with Crippen LogP contribution in [0.5, 0.6) is 0 Å². The van der Waals surface area contributed by atoms with Crippen molar-refractivity contribution in [3.8, 4) is 0 Å². The van der Waals surface area contributed by atoms with Crippen LogP contribution in [0.4, 0.5) is 0 Å². The number of carbonyl (C=O) groups excluding carboxylic acids is 2. The molecule has 29 heavy (non-hydrogen) atoms. The van der Waals surface area contributed by atoms with Crippen LogP contribution in [-0.4, -0.2) is 45.3 Å². The van der Waals surface area contributed by atoms with Crippen molar-refractivity contribution in [3.63, 3.8) is 0 Å². The maximum Gasteiger partial charge on any atom is 0.349 e. The molecule has 1 aromatic heterocycles. The van der Waals surface area contributed by atoms with Crippen molar-refractivity contribution >= 4 is 43.3 Å². The number of nitrogens with zero attached hydrogens (tertiary/aromatic N) is 1. The highest BCUT2D eigenvalue weighted by molar-refractivity contribution is 7.89. The second-order valence-electron chi connectivity index (χ2n) is 6.27. The van der Waals surface area contributed by atoms with E-state index in [0.717, 1.165) is 21.2 Å². The van der Waals surface area contributed by atoms with Crippen molar-refractivity contribution in [1.82, 2.24) is 9.62 Å². The predicted octanol–water partition coefficient (Wildman–Crippen LogP) is 2.62. The van der Waals surface area contributed by atoms with Crippen molar-refractivity contribution < 1.29 is 22.7 Å². The molecule has 9 heteroatoms. The number of carbonyl (C=O) groups is 2. The van der Waals surface area contributed by atoms with Gasteiger partial charge in [-0.2, -0.15) is 4.31 Å². The average Bonchev–Trinajstić information content (AvgIpc) is 3.12. The largest absolute Gasteiger partial charge is 0.465 e. The highest BCUT2D eigenvalue weighted by Gasteiger charge is 2.32. The summed E-state index contributed by atoms with van der Waals surface area (Å²) in [6.07, 6.45) is 0. The topological polar surface area (TPSA) is 92.8 Å². The fourth-order valence-corrected chi connectivity index (χ4v) is 5.69. The summed E-state index contributed by atoms with van der Waals surface area (Å²) in [6, 6.07) is 16.1. The number of benzene rings is 2. The summed E-state index contributed by atoms with van der Waals surface area (Å²) >= 11 is 1.05. The van der Waals surface area contributed by atoms with Crippen molar-refractivity contribution in [3.05, 3.63) is 65.0 Å². The van der Waals surface area contributed by atoms with Gasteiger partial charge in [0.05, 0.1) is 13.7 Å². The third kappa shape index (κ3) is 4.47. The molecule has 0 aliphatic rings. The van der Waals surface area contributed by atoms with Gasteiger partial charge in [0.1, 0.15) is 9.77 Å². The smallest absolute Gasteiger partial charge is 0.349 e. The summed E-state index contributed by atoms with van der Waals surface area (Å²) in [5, 5.41) is 3.12. The molecule has 3 rings (SSSR count). The summed E-state index contributed by atoms with van der Waals surface area (Å²) in [5.74, 6) is -1.18. The molecule has 0 unspecified atom stereocenters. The zero-order valence-corrected chi connectivity index (χ0v) is 17.5. The van der Waals surface area contributed by atoms with Crippen LogP contribution in [0.2, 0.25) is 0 Å². The van der Waals surface area contributed by atoms with E-state index >= 15 is 0 Å². The Kier molecular flexibility index (Phi) is 6.31. The minimum atomic E-state index is -4.10. The van der Waals surface area contributed by atoms with E-state index in [1.807, 2.05) is 30.3 Å². The molecule has 1 N–H and O–H groups in total. The average molecular weight is 433 g/mol. The van der Waals surface area contributed by atoms with E-state index in [-0.39, 0.29) is 16.3 Å². The Morgan fingerprint density at radius 2 is 1.72 bits per heavy atom. The second kappa shape index (κ2) is 8.73. The van der Waals surface area contributed by atoms with E-state index in [0.29, 0.717) is 16.6 Å². The monoisotopic (exact) mass is 432 g/mol. The van der Waals surface area contributed by atoms with Gasteiger partial charge in [0.15, 0.2) is 0 Å². The van der Waals surface area contributed by atoms with Gasteiger partial charge in [-0.1, -0.05) is 48.5 Å². The van der Waals surface area contributed by atoms with E-state index in [4.69, 9.17) is 4.74 Å². The Bertz CT molecular complexity index is 1140. The molecule has 1 heterocycles. The number of likely N-dealkylation sites (N-methyl/N-ethyl adjacent to an activating group) is 1. The van der Waals surface area contributed by atoms with Crippen LogP contribution in [0.3, 0.4) is 0 Å². The Morgan fingerprint density at radius 3 is 2.41 bits per heavy atom. The molecule has 3 aromatic rings. The van der Waals surface area contributed by atoms with E-state index < -0.39 is 21.9 Å². The number of amides is 1. The van der Waals surface area contributed by atoms with Gasteiger partial charge in [-0.25, -0.2) is 13.2 Å². The van der Waals surface area contributed by atoms with Crippen molar-refractivity contribution in [2.24, 2.45) is 0 Å². The standard InChI is InChI=1S/C20H20N2O5S2/c1-22(13-17(23)21-12-14-8-4-3-5-9-14)29(25,26)19-15-10-6-7-11-16(15)28-18(19)20(24)27-2/h3-11H,12-13H2,1-2H3,(H,21,23). The zero-order valence-electron chi connectivity index (χ0n) is 15.9. The number of methoxy groups -OCH3 is 1. The van der Waals surface area contributed by atoms with Crippen molar-refractivity contribution in [2.75, 3.05) is 20.7 Å². The van der Waals surface area contributed by atoms with Gasteiger partial charge in [-0.05, 0) is 11.6 Å². The van der Waals surface area contributed by atoms with Gasteiger partial charge in [0.2, 0.25) is 15.9 Å². The normalized spacial score (nSPS) is 11.6. The molecule has 0 aliphatic carbocycles. The Balaban J connectivity index is 1.84. The fourth-order valence-electron chi connectivity index (χ4n) is 2.80. The lowest BCUT2D eigenvalue weighted by atomic mass is 10.2. The molecule has 152 valence electrons. The Labute approximate surface area is 173 Å². The molecule has 0 atom stereocenters. The SMILES string of the molecule is COC(=O)c1sc2ccccc2c1S(=O)(=O)N(C)CC(=O)NCc1ccccc1. The lowest BCUT2D eigenvalue weighted by molar-refractivity contribution is -0.121. The van der Waals surface area contributed by atoms with Gasteiger partial charge in [0.25, 0.3) is 0 Å². The molecule has 0 aliphatic heterocycles. The van der Waals surface area contributed by atoms with E-state index in [9.17, 15) is 18.0 Å². The molecule has 0 saturated heterocycles. The van der Waals surface area contributed by atoms with Crippen LogP contribution in [-0.2, 0) is 26.1 Å². The lowest BCUT2D eigenvalue weighted by Gasteiger charge is -2.17. The number of rotatable bonds is 7. The maximum atomic E-state index is 13.2. The first kappa shape index (κ1) is 21.0. The van der Waals surface area contributed by atoms with Gasteiger partial charge in [-0.15, -0.1) is 11.3 Å². The van der Waals surface area contributed by atoms with Crippen LogP contribution in [0.25, 0.3) is 10.1 Å². The van der Waals surface area contributed by atoms with Gasteiger partial charge >= 0.3 is 5.97 Å². The third-order valence-corrected chi connectivity index (χ3v) is 7.46. The summed E-state index contributed by atoms with van der Waals surface area (Å²) in [5.41, 5.74) is 0.906. The minimum Gasteiger partial charge on any atom is -0.465 e. The summed E-state index contributed by atoms with van der Waals surface area (Å²) in [4.78, 5) is 24.3. The van der Waals surface area contributed by atoms with E-state index in [1.165, 1.54) is 14.2 Å². The first-order valence-electron chi connectivity index (χ1n) is 8.71. The fraction of sp³-hybridized carbons (Fsp3) is 0.200. The molecule has 0 spiro atoms. The highest BCUT2D eigenvalue weighted by Crippen LogP contribution is 2.36. The van der Waals surface area contributed by atoms with Crippen LogP contribution in [0.1, 0.15) is 15.2 Å². The quantitative estimate of drug-likeness (QED) is 0.580. The second-order valence-corrected chi connectivity index (χ2v) is 9.31. The first-order valence-corrected chi connectivity index (χ1v) is 11.0. The van der Waals surface area contributed by atoms with E-state index in [1.54, 1.807) is 24.3 Å². The molecule has 1 amide bonds. The summed E-state index contributed by atoms with van der Waals surface area (Å²) in [7, 11) is -1.60. The van der Waals surface area contributed by atoms with Gasteiger partial charge in [0, 0.05) is 23.7 Å². The van der Waals surface area contributed by atoms with Gasteiger partial charge in [-0.3, -0.25) is 4.79 Å². The molecule has 7 nitrogen and oxygen atoms in total. The summed E-state index contributed by atoms with van der Waals surface area (Å²) in [6.45, 7) is -0.0810. The molecule has 0 radical (unpaired) electrons. The van der Waals surface area contributed by atoms with Crippen LogP contribution in [0.15, 0.2) is 59.5 Å². The number of esters is 1. The first-order chi connectivity index (χ1) is 13.8. The number of sulfonamides is 1. The third-order valence-electron chi connectivity index (χ3n) is 4.29. The molecular weight excluding hydrogens is 412 g/mol. The minimum absolute atomic E-state index is 0.00903. The Morgan fingerprint density at radius 1 is 1.07 bits per heavy atom. The van der Waals surface area contributed by atoms with E-state index in [2.05, 4.69) is 5.32 Å². The molecule has 2 aromatic carbocycles. The zero-order chi connectivity index (χ0) is 21.0. The predicted molar refractivity (Wildman–Crippen MR) is 111 cm³/mol. The van der Waals surface area contributed by atoms with Crippen LogP contribution < -0.4 is 5.32 Å². The van der Waals surface area contributed by atoms with Crippen molar-refractivity contribution in [1.29, 1.82) is 0 Å². The van der Waals surface area contributed by atoms with Gasteiger partial charge < -0.3 is 10.1 Å². The number of fused-ring (bicyclic) bond motifs is 1. The molecule has 0 bridgehead atoms. The number of hydrogen-bond donors (Lipinski definition) is 1. The van der Waals surface area contributed by atoms with Crippen LogP contribution >= 0.6 is 11.3 Å². The number of thiophene rings is 1. The molecular formula is C20H20N2O5S2. The van der Waals surface area contributed by atoms with Crippen molar-refractivity contribution in [2.45, 2.75) is 11.4 Å². The summed E-state index contributed by atoms with van der Waals surface area (Å²) < 4.78 is 32.8. The lowest BCUT2D eigenvalue weighted by Crippen LogP contribution is -2.38. The van der Waals surface area contributed by atoms with Crippen LogP contribution in [0, 0.1) is 0 Å². The highest BCUT2D eigenvalue weighted by atomic mass is 32.2. The maximum absolute atomic E-state index is 13.2. The molecule has 0 fully saturated rings. The molecule has 0 saturated carbocycles. The number of ether oxygens (including phenoxy) is 1. The number of hydrogen-bond acceptors (Lipinski definition) is 6. The number of nitrogens with one attached hydrogen (secondary N) is 1.